The van der Waals surface area contributed by atoms with E-state index in [-0.39, 0.29) is 22.3 Å². The number of carbonyl (C=O) groups excluding carboxylic acids is 1. The summed E-state index contributed by atoms with van der Waals surface area (Å²) in [6, 6.07) is 2.85. The number of methoxy groups -OCH3 is 1. The number of halogens is 2. The van der Waals surface area contributed by atoms with E-state index < -0.39 is 18.0 Å². The molecule has 0 bridgehead atoms. The number of nitrogens with zero attached hydrogens (tertiary/aromatic N) is 3. The highest BCUT2D eigenvalue weighted by Crippen LogP contribution is 2.36. The van der Waals surface area contributed by atoms with Gasteiger partial charge in [0.25, 0.3) is 12.3 Å². The third-order valence-electron chi connectivity index (χ3n) is 6.15. The van der Waals surface area contributed by atoms with E-state index in [1.165, 1.54) is 37.3 Å². The molecule has 1 aliphatic heterocycles. The summed E-state index contributed by atoms with van der Waals surface area (Å²) in [7, 11) is 1.41. The molecule has 0 radical (unpaired) electrons. The topological polar surface area (TPSA) is 97.7 Å². The smallest absolute Gasteiger partial charge is 0.280 e. The monoisotopic (exact) mass is 567 g/mol. The summed E-state index contributed by atoms with van der Waals surface area (Å²) in [5.41, 5.74) is 5.43. The minimum atomic E-state index is -2.82. The van der Waals surface area contributed by atoms with Crippen LogP contribution in [-0.2, 0) is 4.74 Å². The van der Waals surface area contributed by atoms with Crippen LogP contribution < -0.4 is 15.5 Å². The molecule has 1 saturated carbocycles. The molecule has 4 rings (SSSR count). The van der Waals surface area contributed by atoms with E-state index >= 15 is 0 Å². The van der Waals surface area contributed by atoms with Crippen molar-refractivity contribution in [2.75, 3.05) is 7.11 Å². The van der Waals surface area contributed by atoms with Gasteiger partial charge in [-0.3, -0.25) is 25.5 Å². The summed E-state index contributed by atoms with van der Waals surface area (Å²) >= 11 is 1.29. The van der Waals surface area contributed by atoms with Crippen LogP contribution in [0.1, 0.15) is 75.6 Å². The first-order valence-corrected chi connectivity index (χ1v) is 13.6. The maximum Gasteiger partial charge on any atom is 0.280 e. The number of nitrogens with one attached hydrogen (secondary N) is 2. The van der Waals surface area contributed by atoms with Gasteiger partial charge in [0.15, 0.2) is 16.3 Å². The lowest BCUT2D eigenvalue weighted by atomic mass is 9.98. The average Bonchev–Trinajstić information content (AvgIpc) is 3.66. The second-order valence-electron chi connectivity index (χ2n) is 9.77. The Morgan fingerprint density at radius 3 is 2.45 bits per heavy atom. The van der Waals surface area contributed by atoms with E-state index in [0.717, 1.165) is 24.0 Å². The first-order valence-electron chi connectivity index (χ1n) is 12.7. The van der Waals surface area contributed by atoms with Crippen LogP contribution >= 0.6 is 11.8 Å². The molecule has 8 nitrogen and oxygen atoms in total. The molecule has 2 aromatic heterocycles. The molecule has 2 aromatic rings. The van der Waals surface area contributed by atoms with E-state index in [1.54, 1.807) is 6.07 Å². The number of rotatable bonds is 7. The van der Waals surface area contributed by atoms with Gasteiger partial charge in [-0.1, -0.05) is 11.8 Å². The fourth-order valence-electron chi connectivity index (χ4n) is 3.59. The predicted molar refractivity (Wildman–Crippen MR) is 152 cm³/mol. The van der Waals surface area contributed by atoms with Crippen LogP contribution in [0.4, 0.5) is 8.78 Å². The summed E-state index contributed by atoms with van der Waals surface area (Å²) in [5.74, 6) is 7.63. The number of hydrogen-bond donors (Lipinski definition) is 2. The summed E-state index contributed by atoms with van der Waals surface area (Å²) < 4.78 is 38.9. The number of thioether (sulfide) groups is 1. The average molecular weight is 568 g/mol. The Kier molecular flexibility index (Phi) is 9.10. The lowest BCUT2D eigenvalue weighted by Gasteiger charge is -2.17. The van der Waals surface area contributed by atoms with Crippen LogP contribution in [0, 0.1) is 17.8 Å². The Morgan fingerprint density at radius 1 is 1.07 bits per heavy atom. The van der Waals surface area contributed by atoms with Crippen LogP contribution in [0.15, 0.2) is 46.5 Å². The number of amides is 1. The quantitative estimate of drug-likeness (QED) is 0.302. The molecule has 1 aliphatic carbocycles. The molecule has 40 heavy (non-hydrogen) atoms. The second-order valence-corrected chi connectivity index (χ2v) is 10.9. The fraction of sp³-hybridized carbons (Fsp3) is 0.379. The molecule has 1 amide bonds. The Morgan fingerprint density at radius 2 is 1.82 bits per heavy atom. The molecule has 1 fully saturated rings. The van der Waals surface area contributed by atoms with Crippen molar-refractivity contribution in [2.24, 2.45) is 11.0 Å². The van der Waals surface area contributed by atoms with Gasteiger partial charge in [-0.25, -0.2) is 8.78 Å². The number of hydrogen-bond acceptors (Lipinski definition) is 8. The lowest BCUT2D eigenvalue weighted by Crippen LogP contribution is -2.28. The van der Waals surface area contributed by atoms with Gasteiger partial charge in [0.2, 0.25) is 0 Å². The van der Waals surface area contributed by atoms with Crippen LogP contribution in [-0.4, -0.2) is 33.5 Å². The van der Waals surface area contributed by atoms with Gasteiger partial charge >= 0.3 is 0 Å². The molecule has 2 N–H and O–H groups in total. The van der Waals surface area contributed by atoms with Crippen LogP contribution in [0.5, 0.6) is 5.75 Å². The second kappa shape index (κ2) is 12.5. The van der Waals surface area contributed by atoms with Gasteiger partial charge in [0.1, 0.15) is 17.1 Å². The van der Waals surface area contributed by atoms with Crippen LogP contribution in [0.25, 0.3) is 16.9 Å². The number of amidine groups is 1. The van der Waals surface area contributed by atoms with Gasteiger partial charge in [0, 0.05) is 23.2 Å². The zero-order valence-electron chi connectivity index (χ0n) is 23.2. The van der Waals surface area contributed by atoms with Gasteiger partial charge in [-0.05, 0) is 82.5 Å². The predicted octanol–water partition coefficient (Wildman–Crippen LogP) is 6.25. The van der Waals surface area contributed by atoms with Gasteiger partial charge in [-0.2, -0.15) is 5.10 Å². The minimum absolute atomic E-state index is 0.135. The molecule has 0 aromatic carbocycles. The molecular weight excluding hydrogens is 536 g/mol. The highest BCUT2D eigenvalue weighted by Gasteiger charge is 2.26. The molecule has 0 spiro atoms. The first kappa shape index (κ1) is 29.1. The third-order valence-corrected chi connectivity index (χ3v) is 7.02. The van der Waals surface area contributed by atoms with E-state index in [2.05, 4.69) is 37.7 Å². The molecular formula is C29H31F2N5O3S. The Bertz CT molecular complexity index is 1460. The first-order chi connectivity index (χ1) is 19.1. The number of hydrazone groups is 1. The summed E-state index contributed by atoms with van der Waals surface area (Å²) in [6.07, 6.45) is 2.02. The standard InChI is InChI=1S/C29H31F2N5O3S/c1-15(2)17(5)39-26(16(3)4)22-11-19(20-12-23(27(30)31)33-14-24(20)38-6)21(13-32-22)28(37)34-29-36-35-25(40-29)10-9-18-7-8-18/h11-14,18,25,27,35H,7-8H2,1-6H3,(H,34,36,37). The third kappa shape index (κ3) is 6.99. The SMILES string of the molecule is COc1cnc(C(F)F)cc1-c1cc(C(OC(C)=C(C)C)=C(C)C)ncc1C(=O)NC1=NNC(C#CC2CC2)S1. The molecule has 11 heteroatoms. The number of aromatic nitrogens is 2. The van der Waals surface area contributed by atoms with Gasteiger partial charge < -0.3 is 9.47 Å². The maximum absolute atomic E-state index is 13.6. The normalized spacial score (nSPS) is 15.8. The van der Waals surface area contributed by atoms with Crippen molar-refractivity contribution in [3.63, 3.8) is 0 Å². The highest BCUT2D eigenvalue weighted by molar-refractivity contribution is 8.14. The number of ether oxygens (including phenoxy) is 2. The van der Waals surface area contributed by atoms with Crippen LogP contribution in [0.2, 0.25) is 0 Å². The van der Waals surface area contributed by atoms with E-state index in [1.807, 2.05) is 34.6 Å². The van der Waals surface area contributed by atoms with Crippen molar-refractivity contribution >= 4 is 28.6 Å². The summed E-state index contributed by atoms with van der Waals surface area (Å²) in [5, 5.41) is 7.04. The summed E-state index contributed by atoms with van der Waals surface area (Å²) in [6.45, 7) is 9.46. The maximum atomic E-state index is 13.6. The highest BCUT2D eigenvalue weighted by atomic mass is 32.2. The lowest BCUT2D eigenvalue weighted by molar-refractivity contribution is 0.0978. The van der Waals surface area contributed by atoms with Crippen molar-refractivity contribution in [1.82, 2.24) is 20.7 Å². The Balaban J connectivity index is 1.75. The van der Waals surface area contributed by atoms with Gasteiger partial charge in [0.05, 0.1) is 24.6 Å². The van der Waals surface area contributed by atoms with E-state index in [9.17, 15) is 13.6 Å². The van der Waals surface area contributed by atoms with E-state index in [4.69, 9.17) is 9.47 Å². The zero-order valence-corrected chi connectivity index (χ0v) is 24.0. The molecule has 2 aliphatic rings. The van der Waals surface area contributed by atoms with Crippen molar-refractivity contribution < 1.29 is 23.0 Å². The fourth-order valence-corrected chi connectivity index (χ4v) is 4.30. The molecule has 1 unspecified atom stereocenters. The minimum Gasteiger partial charge on any atom is -0.494 e. The largest absolute Gasteiger partial charge is 0.494 e. The van der Waals surface area contributed by atoms with Crippen molar-refractivity contribution in [3.05, 3.63) is 58.4 Å². The number of allylic oxidation sites excluding steroid dienone is 3. The molecule has 0 saturated heterocycles. The Hall–Kier alpha value is -3.91. The van der Waals surface area contributed by atoms with E-state index in [0.29, 0.717) is 33.9 Å². The molecule has 1 atom stereocenters. The summed E-state index contributed by atoms with van der Waals surface area (Å²) in [4.78, 5) is 21.8. The van der Waals surface area contributed by atoms with Crippen molar-refractivity contribution in [1.29, 1.82) is 0 Å². The number of pyridine rings is 2. The molecule has 210 valence electrons. The number of carbonyl (C=O) groups is 1. The number of alkyl halides is 2. The van der Waals surface area contributed by atoms with Crippen LogP contribution in [0.3, 0.4) is 0 Å². The zero-order chi connectivity index (χ0) is 29.0. The Labute approximate surface area is 236 Å². The van der Waals surface area contributed by atoms with Crippen molar-refractivity contribution in [2.45, 2.75) is 59.3 Å². The van der Waals surface area contributed by atoms with Crippen molar-refractivity contribution in [3.8, 4) is 28.7 Å². The van der Waals surface area contributed by atoms with Gasteiger partial charge in [-0.15, -0.1) is 0 Å². The molecule has 3 heterocycles.